The summed E-state index contributed by atoms with van der Waals surface area (Å²) in [7, 11) is 0. The van der Waals surface area contributed by atoms with E-state index in [1.807, 2.05) is 19.1 Å². The van der Waals surface area contributed by atoms with Gasteiger partial charge in [0.1, 0.15) is 5.82 Å². The number of nitrogens with zero attached hydrogens (tertiary/aromatic N) is 1. The van der Waals surface area contributed by atoms with Gasteiger partial charge in [0.05, 0.1) is 5.56 Å². The van der Waals surface area contributed by atoms with Gasteiger partial charge in [0, 0.05) is 11.4 Å². The van der Waals surface area contributed by atoms with Gasteiger partial charge in [0.2, 0.25) is 0 Å². The highest BCUT2D eigenvalue weighted by atomic mass is 32.1. The number of aryl methyl sites for hydroxylation is 1. The first-order chi connectivity index (χ1) is 9.56. The molecule has 0 aromatic heterocycles. The van der Waals surface area contributed by atoms with Crippen LogP contribution in [0.3, 0.4) is 0 Å². The van der Waals surface area contributed by atoms with Crippen molar-refractivity contribution in [2.75, 3.05) is 10.2 Å². The van der Waals surface area contributed by atoms with Gasteiger partial charge in [0.15, 0.2) is 5.50 Å². The van der Waals surface area contributed by atoms with Crippen LogP contribution in [0, 0.1) is 12.7 Å². The van der Waals surface area contributed by atoms with Crippen molar-refractivity contribution in [2.45, 2.75) is 12.4 Å². The molecular formula is C15H13FN2OS. The van der Waals surface area contributed by atoms with E-state index < -0.39 is 5.50 Å². The third-order valence-electron chi connectivity index (χ3n) is 3.26. The summed E-state index contributed by atoms with van der Waals surface area (Å²) in [6.07, 6.45) is 0. The molecule has 2 aromatic carbocycles. The maximum absolute atomic E-state index is 13.0. The topological polar surface area (TPSA) is 32.3 Å². The Bertz CT molecular complexity index is 672. The molecule has 1 aliphatic rings. The van der Waals surface area contributed by atoms with Crippen molar-refractivity contribution >= 4 is 29.9 Å². The van der Waals surface area contributed by atoms with Crippen molar-refractivity contribution in [3.63, 3.8) is 0 Å². The molecule has 1 atom stereocenters. The van der Waals surface area contributed by atoms with E-state index in [9.17, 15) is 9.18 Å². The molecule has 1 heterocycles. The fourth-order valence-electron chi connectivity index (χ4n) is 2.27. The van der Waals surface area contributed by atoms with Crippen LogP contribution in [0.5, 0.6) is 0 Å². The first-order valence-electron chi connectivity index (χ1n) is 6.20. The minimum absolute atomic E-state index is 0.148. The van der Waals surface area contributed by atoms with Gasteiger partial charge in [-0.1, -0.05) is 6.07 Å². The summed E-state index contributed by atoms with van der Waals surface area (Å²) < 4.78 is 13.0. The number of benzene rings is 2. The number of hydrogen-bond acceptors (Lipinski definition) is 3. The average molecular weight is 288 g/mol. The number of rotatable bonds is 1. The summed E-state index contributed by atoms with van der Waals surface area (Å²) in [5.41, 5.74) is 2.55. The van der Waals surface area contributed by atoms with E-state index >= 15 is 0 Å². The number of halogens is 1. The third kappa shape index (κ3) is 2.14. The summed E-state index contributed by atoms with van der Waals surface area (Å²) >= 11 is 4.41. The fourth-order valence-corrected chi connectivity index (χ4v) is 2.65. The summed E-state index contributed by atoms with van der Waals surface area (Å²) in [5, 5.41) is 3.17. The Morgan fingerprint density at radius 1 is 1.20 bits per heavy atom. The van der Waals surface area contributed by atoms with Crippen molar-refractivity contribution in [3.05, 3.63) is 59.4 Å². The molecular weight excluding hydrogens is 275 g/mol. The molecule has 0 spiro atoms. The first kappa shape index (κ1) is 13.0. The molecule has 0 saturated carbocycles. The molecule has 102 valence electrons. The normalized spacial score (nSPS) is 17.6. The summed E-state index contributed by atoms with van der Waals surface area (Å²) in [5.74, 6) is -0.483. The first-order valence-corrected chi connectivity index (χ1v) is 6.72. The predicted octanol–water partition coefficient (Wildman–Crippen LogP) is 3.42. The van der Waals surface area contributed by atoms with Crippen LogP contribution in [0.25, 0.3) is 0 Å². The lowest BCUT2D eigenvalue weighted by molar-refractivity contribution is 0.0983. The van der Waals surface area contributed by atoms with Crippen molar-refractivity contribution < 1.29 is 9.18 Å². The second kappa shape index (κ2) is 4.83. The zero-order chi connectivity index (χ0) is 14.3. The molecule has 0 radical (unpaired) electrons. The number of fused-ring (bicyclic) bond motifs is 1. The van der Waals surface area contributed by atoms with Crippen LogP contribution in [0.4, 0.5) is 15.8 Å². The van der Waals surface area contributed by atoms with Crippen LogP contribution in [-0.4, -0.2) is 11.4 Å². The Kier molecular flexibility index (Phi) is 3.14. The highest BCUT2D eigenvalue weighted by Crippen LogP contribution is 2.31. The van der Waals surface area contributed by atoms with E-state index in [1.165, 1.54) is 17.0 Å². The van der Waals surface area contributed by atoms with Gasteiger partial charge in [0.25, 0.3) is 5.91 Å². The summed E-state index contributed by atoms with van der Waals surface area (Å²) in [6, 6.07) is 11.4. The van der Waals surface area contributed by atoms with Crippen LogP contribution < -0.4 is 10.2 Å². The second-order valence-electron chi connectivity index (χ2n) is 4.72. The Morgan fingerprint density at radius 2 is 1.90 bits per heavy atom. The Labute approximate surface area is 121 Å². The van der Waals surface area contributed by atoms with E-state index in [-0.39, 0.29) is 11.7 Å². The van der Waals surface area contributed by atoms with E-state index in [4.69, 9.17) is 0 Å². The van der Waals surface area contributed by atoms with Crippen molar-refractivity contribution in [1.29, 1.82) is 0 Å². The van der Waals surface area contributed by atoms with Crippen molar-refractivity contribution in [1.82, 2.24) is 0 Å². The lowest BCUT2D eigenvalue weighted by Crippen LogP contribution is -2.46. The van der Waals surface area contributed by atoms with E-state index in [0.29, 0.717) is 11.3 Å². The van der Waals surface area contributed by atoms with E-state index in [2.05, 4.69) is 17.9 Å². The lowest BCUT2D eigenvalue weighted by Gasteiger charge is -2.35. The average Bonchev–Trinajstić information content (AvgIpc) is 2.40. The number of carbonyl (C=O) groups is 1. The van der Waals surface area contributed by atoms with Gasteiger partial charge in [-0.25, -0.2) is 4.39 Å². The zero-order valence-electron chi connectivity index (χ0n) is 10.8. The molecule has 2 aromatic rings. The quantitative estimate of drug-likeness (QED) is 0.788. The van der Waals surface area contributed by atoms with Crippen LogP contribution in [0.1, 0.15) is 15.9 Å². The largest absolute Gasteiger partial charge is 0.356 e. The predicted molar refractivity (Wildman–Crippen MR) is 80.8 cm³/mol. The molecule has 0 aliphatic carbocycles. The summed E-state index contributed by atoms with van der Waals surface area (Å²) in [4.78, 5) is 14.1. The molecule has 0 saturated heterocycles. The maximum atomic E-state index is 13.0. The van der Waals surface area contributed by atoms with Gasteiger partial charge in [-0.05, 0) is 48.9 Å². The molecule has 3 rings (SSSR count). The Balaban J connectivity index is 2.04. The number of nitrogens with one attached hydrogen (secondary N) is 1. The second-order valence-corrected chi connectivity index (χ2v) is 5.21. The smallest absolute Gasteiger partial charge is 0.262 e. The van der Waals surface area contributed by atoms with Crippen LogP contribution in [0.15, 0.2) is 42.5 Å². The van der Waals surface area contributed by atoms with Crippen molar-refractivity contribution in [3.8, 4) is 0 Å². The van der Waals surface area contributed by atoms with Crippen LogP contribution >= 0.6 is 12.6 Å². The molecule has 1 aliphatic heterocycles. The Morgan fingerprint density at radius 3 is 2.60 bits per heavy atom. The molecule has 0 fully saturated rings. The highest BCUT2D eigenvalue weighted by Gasteiger charge is 2.30. The van der Waals surface area contributed by atoms with Gasteiger partial charge in [-0.2, -0.15) is 0 Å². The molecule has 1 unspecified atom stereocenters. The van der Waals surface area contributed by atoms with Gasteiger partial charge in [-0.15, -0.1) is 12.6 Å². The van der Waals surface area contributed by atoms with Gasteiger partial charge in [-0.3, -0.25) is 9.69 Å². The molecule has 1 N–H and O–H groups in total. The molecule has 20 heavy (non-hydrogen) atoms. The van der Waals surface area contributed by atoms with Gasteiger partial charge >= 0.3 is 0 Å². The van der Waals surface area contributed by atoms with Crippen molar-refractivity contribution in [2.24, 2.45) is 0 Å². The molecule has 5 heteroatoms. The maximum Gasteiger partial charge on any atom is 0.262 e. The third-order valence-corrected chi connectivity index (χ3v) is 3.62. The Hall–Kier alpha value is -2.01. The standard InChI is InChI=1S/C15H13FN2OS/c1-9-2-7-12-13(8-9)17-15(20)18(14(12)19)11-5-3-10(16)4-6-11/h2-8,15,17,20H,1H3. The summed E-state index contributed by atoms with van der Waals surface area (Å²) in [6.45, 7) is 1.96. The molecule has 0 bridgehead atoms. The van der Waals surface area contributed by atoms with Crippen LogP contribution in [-0.2, 0) is 0 Å². The number of carbonyl (C=O) groups excluding carboxylic acids is 1. The molecule has 1 amide bonds. The van der Waals surface area contributed by atoms with E-state index in [0.717, 1.165) is 11.3 Å². The number of amides is 1. The molecule has 3 nitrogen and oxygen atoms in total. The number of anilines is 2. The minimum atomic E-state index is -0.484. The lowest BCUT2D eigenvalue weighted by atomic mass is 10.1. The van der Waals surface area contributed by atoms with Gasteiger partial charge < -0.3 is 5.32 Å². The minimum Gasteiger partial charge on any atom is -0.356 e. The fraction of sp³-hybridized carbons (Fsp3) is 0.133. The zero-order valence-corrected chi connectivity index (χ0v) is 11.7. The number of thiol groups is 1. The van der Waals surface area contributed by atoms with Crippen LogP contribution in [0.2, 0.25) is 0 Å². The van der Waals surface area contributed by atoms with E-state index in [1.54, 1.807) is 18.2 Å². The SMILES string of the molecule is Cc1ccc2c(c1)NC(S)N(c1ccc(F)cc1)C2=O. The monoisotopic (exact) mass is 288 g/mol. The number of hydrogen-bond donors (Lipinski definition) is 2. The highest BCUT2D eigenvalue weighted by molar-refractivity contribution is 7.81.